The Morgan fingerprint density at radius 2 is 2.10 bits per heavy atom. The van der Waals surface area contributed by atoms with Crippen LogP contribution in [0.2, 0.25) is 0 Å². The average molecular weight is 289 g/mol. The standard InChI is InChI=1S/C16H23N3O2/c1-11-5-6-13(8-12(11)2)16(21)19(10-15(17)20)14-4-3-7-18-9-14/h5-6,8,14,18H,3-4,7,9-10H2,1-2H3,(H2,17,20). The zero-order valence-corrected chi connectivity index (χ0v) is 12.7. The van der Waals surface area contributed by atoms with Gasteiger partial charge in [-0.1, -0.05) is 6.07 Å². The Kier molecular flexibility index (Phi) is 4.96. The number of carbonyl (C=O) groups is 2. The van der Waals surface area contributed by atoms with Gasteiger partial charge in [0.25, 0.3) is 5.91 Å². The van der Waals surface area contributed by atoms with Gasteiger partial charge in [0.15, 0.2) is 0 Å². The van der Waals surface area contributed by atoms with Gasteiger partial charge in [0.1, 0.15) is 0 Å². The van der Waals surface area contributed by atoms with Crippen LogP contribution in [0.3, 0.4) is 0 Å². The maximum Gasteiger partial charge on any atom is 0.254 e. The number of piperidine rings is 1. The van der Waals surface area contributed by atoms with Crippen LogP contribution >= 0.6 is 0 Å². The molecule has 1 fully saturated rings. The van der Waals surface area contributed by atoms with E-state index in [9.17, 15) is 9.59 Å². The molecule has 0 aliphatic carbocycles. The molecule has 1 heterocycles. The Bertz CT molecular complexity index is 536. The summed E-state index contributed by atoms with van der Waals surface area (Å²) >= 11 is 0. The second-order valence-electron chi connectivity index (χ2n) is 5.70. The van der Waals surface area contributed by atoms with Gasteiger partial charge in [-0.3, -0.25) is 9.59 Å². The number of amides is 2. The third kappa shape index (κ3) is 3.82. The fraction of sp³-hybridized carbons (Fsp3) is 0.500. The molecule has 3 N–H and O–H groups in total. The summed E-state index contributed by atoms with van der Waals surface area (Å²) < 4.78 is 0. The minimum absolute atomic E-state index is 0.0281. The maximum absolute atomic E-state index is 12.7. The number of hydrogen-bond donors (Lipinski definition) is 2. The van der Waals surface area contributed by atoms with E-state index in [0.717, 1.165) is 30.5 Å². The summed E-state index contributed by atoms with van der Waals surface area (Å²) in [6.45, 7) is 5.63. The monoisotopic (exact) mass is 289 g/mol. The first kappa shape index (κ1) is 15.5. The lowest BCUT2D eigenvalue weighted by atomic mass is 10.0. The molecular weight excluding hydrogens is 266 g/mol. The van der Waals surface area contributed by atoms with E-state index in [0.29, 0.717) is 12.1 Å². The zero-order valence-electron chi connectivity index (χ0n) is 12.7. The number of rotatable bonds is 4. The van der Waals surface area contributed by atoms with Crippen LogP contribution in [0, 0.1) is 13.8 Å². The largest absolute Gasteiger partial charge is 0.368 e. The number of hydrogen-bond acceptors (Lipinski definition) is 3. The van der Waals surface area contributed by atoms with E-state index < -0.39 is 5.91 Å². The zero-order chi connectivity index (χ0) is 15.4. The Labute approximate surface area is 125 Å². The van der Waals surface area contributed by atoms with Gasteiger partial charge in [-0.05, 0) is 56.5 Å². The fourth-order valence-electron chi connectivity index (χ4n) is 2.67. The van der Waals surface area contributed by atoms with Crippen molar-refractivity contribution in [2.24, 2.45) is 5.73 Å². The predicted molar refractivity (Wildman–Crippen MR) is 82.0 cm³/mol. The van der Waals surface area contributed by atoms with Crippen LogP contribution in [-0.4, -0.2) is 42.4 Å². The van der Waals surface area contributed by atoms with Crippen LogP contribution in [0.15, 0.2) is 18.2 Å². The number of nitrogens with zero attached hydrogens (tertiary/aromatic N) is 1. The van der Waals surface area contributed by atoms with Crippen LogP contribution < -0.4 is 11.1 Å². The summed E-state index contributed by atoms with van der Waals surface area (Å²) in [5.41, 5.74) is 8.15. The van der Waals surface area contributed by atoms with E-state index in [-0.39, 0.29) is 18.5 Å². The lowest BCUT2D eigenvalue weighted by molar-refractivity contribution is -0.119. The normalized spacial score (nSPS) is 18.3. The van der Waals surface area contributed by atoms with E-state index in [4.69, 9.17) is 5.73 Å². The lowest BCUT2D eigenvalue weighted by Crippen LogP contribution is -2.51. The third-order valence-electron chi connectivity index (χ3n) is 4.05. The summed E-state index contributed by atoms with van der Waals surface area (Å²) in [5, 5.41) is 3.27. The van der Waals surface area contributed by atoms with Gasteiger partial charge < -0.3 is 16.0 Å². The van der Waals surface area contributed by atoms with E-state index in [1.54, 1.807) is 4.90 Å². The molecule has 2 rings (SSSR count). The highest BCUT2D eigenvalue weighted by Crippen LogP contribution is 2.16. The van der Waals surface area contributed by atoms with Crippen LogP contribution in [0.1, 0.15) is 34.3 Å². The Morgan fingerprint density at radius 1 is 1.33 bits per heavy atom. The van der Waals surface area contributed by atoms with Gasteiger partial charge in [-0.15, -0.1) is 0 Å². The first-order valence-electron chi connectivity index (χ1n) is 7.36. The molecule has 0 bridgehead atoms. The van der Waals surface area contributed by atoms with Crippen molar-refractivity contribution in [1.29, 1.82) is 0 Å². The van der Waals surface area contributed by atoms with Crippen molar-refractivity contribution >= 4 is 11.8 Å². The van der Waals surface area contributed by atoms with Gasteiger partial charge in [0.2, 0.25) is 5.91 Å². The molecule has 0 radical (unpaired) electrons. The van der Waals surface area contributed by atoms with Crippen molar-refractivity contribution in [3.05, 3.63) is 34.9 Å². The number of nitrogens with two attached hydrogens (primary N) is 1. The highest BCUT2D eigenvalue weighted by Gasteiger charge is 2.27. The van der Waals surface area contributed by atoms with E-state index in [2.05, 4.69) is 5.32 Å². The van der Waals surface area contributed by atoms with Gasteiger partial charge in [0, 0.05) is 18.2 Å². The van der Waals surface area contributed by atoms with Crippen molar-refractivity contribution in [3.8, 4) is 0 Å². The van der Waals surface area contributed by atoms with Crippen molar-refractivity contribution in [2.75, 3.05) is 19.6 Å². The molecule has 1 aromatic carbocycles. The number of carbonyl (C=O) groups excluding carboxylic acids is 2. The Morgan fingerprint density at radius 3 is 2.67 bits per heavy atom. The van der Waals surface area contributed by atoms with Crippen LogP contribution in [0.5, 0.6) is 0 Å². The average Bonchev–Trinajstić information content (AvgIpc) is 2.47. The molecule has 21 heavy (non-hydrogen) atoms. The maximum atomic E-state index is 12.7. The molecule has 0 aromatic heterocycles. The summed E-state index contributed by atoms with van der Waals surface area (Å²) in [5.74, 6) is -0.594. The first-order chi connectivity index (χ1) is 9.99. The number of aryl methyl sites for hydroxylation is 2. The highest BCUT2D eigenvalue weighted by atomic mass is 16.2. The topological polar surface area (TPSA) is 75.4 Å². The third-order valence-corrected chi connectivity index (χ3v) is 4.05. The molecule has 1 aliphatic rings. The molecule has 1 unspecified atom stereocenters. The lowest BCUT2D eigenvalue weighted by Gasteiger charge is -2.34. The van der Waals surface area contributed by atoms with Crippen LogP contribution in [0.25, 0.3) is 0 Å². The molecular formula is C16H23N3O2. The van der Waals surface area contributed by atoms with E-state index in [1.807, 2.05) is 32.0 Å². The molecule has 5 heteroatoms. The van der Waals surface area contributed by atoms with Crippen molar-refractivity contribution in [2.45, 2.75) is 32.7 Å². The highest BCUT2D eigenvalue weighted by molar-refractivity contribution is 5.96. The van der Waals surface area contributed by atoms with Gasteiger partial charge in [-0.2, -0.15) is 0 Å². The molecule has 1 saturated heterocycles. The molecule has 0 saturated carbocycles. The van der Waals surface area contributed by atoms with Crippen LogP contribution in [0.4, 0.5) is 0 Å². The molecule has 1 aromatic rings. The Balaban J connectivity index is 2.23. The smallest absolute Gasteiger partial charge is 0.254 e. The number of nitrogens with one attached hydrogen (secondary N) is 1. The molecule has 1 atom stereocenters. The quantitative estimate of drug-likeness (QED) is 0.867. The molecule has 1 aliphatic heterocycles. The van der Waals surface area contributed by atoms with Crippen molar-refractivity contribution in [3.63, 3.8) is 0 Å². The Hall–Kier alpha value is -1.88. The van der Waals surface area contributed by atoms with Gasteiger partial charge in [-0.25, -0.2) is 0 Å². The molecule has 114 valence electrons. The fourth-order valence-corrected chi connectivity index (χ4v) is 2.67. The van der Waals surface area contributed by atoms with Gasteiger partial charge >= 0.3 is 0 Å². The number of benzene rings is 1. The first-order valence-corrected chi connectivity index (χ1v) is 7.36. The minimum atomic E-state index is -0.474. The molecule has 2 amide bonds. The summed E-state index contributed by atoms with van der Waals surface area (Å²) in [4.78, 5) is 25.7. The molecule has 0 spiro atoms. The summed E-state index contributed by atoms with van der Waals surface area (Å²) in [7, 11) is 0. The SMILES string of the molecule is Cc1ccc(C(=O)N(CC(N)=O)C2CCCNC2)cc1C. The van der Waals surface area contributed by atoms with Gasteiger partial charge in [0.05, 0.1) is 6.54 Å². The number of primary amides is 1. The predicted octanol–water partition coefficient (Wildman–Crippen LogP) is 0.983. The van der Waals surface area contributed by atoms with Crippen molar-refractivity contribution < 1.29 is 9.59 Å². The molecule has 5 nitrogen and oxygen atoms in total. The van der Waals surface area contributed by atoms with E-state index in [1.165, 1.54) is 0 Å². The summed E-state index contributed by atoms with van der Waals surface area (Å²) in [6.07, 6.45) is 1.90. The van der Waals surface area contributed by atoms with Crippen LogP contribution in [-0.2, 0) is 4.79 Å². The van der Waals surface area contributed by atoms with Crippen molar-refractivity contribution in [1.82, 2.24) is 10.2 Å². The second-order valence-corrected chi connectivity index (χ2v) is 5.70. The summed E-state index contributed by atoms with van der Waals surface area (Å²) in [6, 6.07) is 5.65. The van der Waals surface area contributed by atoms with E-state index >= 15 is 0 Å². The minimum Gasteiger partial charge on any atom is -0.368 e. The second kappa shape index (κ2) is 6.72.